The molecule has 3 N–H and O–H groups in total. The molecule has 0 bridgehead atoms. The summed E-state index contributed by atoms with van der Waals surface area (Å²) in [6.07, 6.45) is 69.5. The second-order valence-electron chi connectivity index (χ2n) is 31.6. The van der Waals surface area contributed by atoms with Crippen molar-refractivity contribution in [2.75, 3.05) is 39.6 Å². The molecule has 0 rings (SSSR count). The molecule has 3 unspecified atom stereocenters. The van der Waals surface area contributed by atoms with Crippen LogP contribution in [0.3, 0.4) is 0 Å². The van der Waals surface area contributed by atoms with E-state index in [1.807, 2.05) is 0 Å². The molecule has 0 aromatic rings. The fourth-order valence-corrected chi connectivity index (χ4v) is 15.0. The summed E-state index contributed by atoms with van der Waals surface area (Å²) in [5.41, 5.74) is 0. The quantitative estimate of drug-likeness (QED) is 0.0222. The standard InChI is InChI=1S/C86H168O17P2/c1-7-10-12-14-16-18-20-22-24-25-26-27-28-29-35-39-43-47-51-59-65-70-85(90)102-81(74-96-83(88)68-62-56-49-45-41-37-34-31-30-33-36-40-44-48-54-60-66-78(4)5)76-100-104(92,93)98-72-80(87)73-99-105(94,95)101-77-82(75-97-84(89)69-63-57-53-52-55-61-67-79(6)9-3)103-86(91)71-64-58-50-46-42-38-32-23-21-19-17-15-13-11-8-2/h78-82,87H,7-77H2,1-6H3,(H,92,93)(H,94,95)/t79?,80-,81-,82-/m1/s1. The smallest absolute Gasteiger partial charge is 0.462 e. The Balaban J connectivity index is 5.23. The molecule has 17 nitrogen and oxygen atoms in total. The van der Waals surface area contributed by atoms with E-state index < -0.39 is 97.5 Å². The fraction of sp³-hybridized carbons (Fsp3) is 0.953. The van der Waals surface area contributed by atoms with E-state index >= 15 is 0 Å². The summed E-state index contributed by atoms with van der Waals surface area (Å²) in [6, 6.07) is 0. The van der Waals surface area contributed by atoms with Crippen LogP contribution in [0.4, 0.5) is 0 Å². The Kier molecular flexibility index (Phi) is 76.0. The Hall–Kier alpha value is -1.94. The van der Waals surface area contributed by atoms with Gasteiger partial charge in [0.1, 0.15) is 19.3 Å². The summed E-state index contributed by atoms with van der Waals surface area (Å²) in [5.74, 6) is -0.560. The van der Waals surface area contributed by atoms with Gasteiger partial charge in [-0.25, -0.2) is 9.13 Å². The van der Waals surface area contributed by atoms with Gasteiger partial charge in [-0.3, -0.25) is 37.3 Å². The Morgan fingerprint density at radius 2 is 0.486 bits per heavy atom. The van der Waals surface area contributed by atoms with Gasteiger partial charge in [-0.05, 0) is 37.5 Å². The van der Waals surface area contributed by atoms with Crippen LogP contribution < -0.4 is 0 Å². The largest absolute Gasteiger partial charge is 0.472 e. The highest BCUT2D eigenvalue weighted by atomic mass is 31.2. The van der Waals surface area contributed by atoms with Gasteiger partial charge >= 0.3 is 39.5 Å². The van der Waals surface area contributed by atoms with Crippen LogP contribution in [0.1, 0.15) is 459 Å². The number of esters is 4. The first kappa shape index (κ1) is 103. The van der Waals surface area contributed by atoms with Crippen LogP contribution in [0.15, 0.2) is 0 Å². The predicted molar refractivity (Wildman–Crippen MR) is 432 cm³/mol. The van der Waals surface area contributed by atoms with Crippen LogP contribution >= 0.6 is 15.6 Å². The van der Waals surface area contributed by atoms with E-state index in [0.29, 0.717) is 25.7 Å². The van der Waals surface area contributed by atoms with E-state index in [1.54, 1.807) is 0 Å². The van der Waals surface area contributed by atoms with Crippen molar-refractivity contribution in [3.05, 3.63) is 0 Å². The molecule has 0 radical (unpaired) electrons. The lowest BCUT2D eigenvalue weighted by atomic mass is 10.00. The highest BCUT2D eigenvalue weighted by Crippen LogP contribution is 2.45. The number of hydrogen-bond acceptors (Lipinski definition) is 15. The molecule has 0 heterocycles. The molecule has 6 atom stereocenters. The van der Waals surface area contributed by atoms with Crippen molar-refractivity contribution in [1.82, 2.24) is 0 Å². The van der Waals surface area contributed by atoms with Gasteiger partial charge in [-0.1, -0.05) is 408 Å². The number of hydrogen-bond donors (Lipinski definition) is 3. The van der Waals surface area contributed by atoms with Gasteiger partial charge in [0.05, 0.1) is 26.4 Å². The molecule has 0 saturated carbocycles. The summed E-state index contributed by atoms with van der Waals surface area (Å²) in [4.78, 5) is 73.2. The molecule has 0 amide bonds. The zero-order chi connectivity index (χ0) is 77.1. The first-order valence-electron chi connectivity index (χ1n) is 44.5. The van der Waals surface area contributed by atoms with E-state index in [4.69, 9.17) is 37.0 Å². The molecule has 0 saturated heterocycles. The highest BCUT2D eigenvalue weighted by molar-refractivity contribution is 7.47. The zero-order valence-corrected chi connectivity index (χ0v) is 70.8. The van der Waals surface area contributed by atoms with E-state index in [1.165, 1.54) is 270 Å². The zero-order valence-electron chi connectivity index (χ0n) is 69.0. The van der Waals surface area contributed by atoms with Gasteiger partial charge in [0, 0.05) is 25.7 Å². The minimum absolute atomic E-state index is 0.108. The summed E-state index contributed by atoms with van der Waals surface area (Å²) < 4.78 is 68.9. The Bertz CT molecular complexity index is 2010. The van der Waals surface area contributed by atoms with Gasteiger partial charge < -0.3 is 33.8 Å². The first-order valence-corrected chi connectivity index (χ1v) is 47.5. The summed E-state index contributed by atoms with van der Waals surface area (Å²) >= 11 is 0. The maximum atomic E-state index is 13.1. The molecule has 0 fully saturated rings. The molecule has 105 heavy (non-hydrogen) atoms. The lowest BCUT2D eigenvalue weighted by Gasteiger charge is -2.21. The van der Waals surface area contributed by atoms with Gasteiger partial charge in [0.2, 0.25) is 0 Å². The van der Waals surface area contributed by atoms with Crippen LogP contribution in [0.5, 0.6) is 0 Å². The van der Waals surface area contributed by atoms with E-state index in [2.05, 4.69) is 41.5 Å². The third-order valence-electron chi connectivity index (χ3n) is 20.6. The van der Waals surface area contributed by atoms with Crippen molar-refractivity contribution < 1.29 is 80.2 Å². The molecule has 0 aliphatic carbocycles. The van der Waals surface area contributed by atoms with Gasteiger partial charge in [0.25, 0.3) is 0 Å². The second kappa shape index (κ2) is 77.4. The second-order valence-corrected chi connectivity index (χ2v) is 34.6. The van der Waals surface area contributed by atoms with E-state index in [9.17, 15) is 43.2 Å². The van der Waals surface area contributed by atoms with Crippen LogP contribution in [0, 0.1) is 11.8 Å². The minimum Gasteiger partial charge on any atom is -0.462 e. The van der Waals surface area contributed by atoms with E-state index in [-0.39, 0.29) is 25.7 Å². The average Bonchev–Trinajstić information content (AvgIpc) is 0.921. The van der Waals surface area contributed by atoms with Crippen LogP contribution in [0.2, 0.25) is 0 Å². The number of carbonyl (C=O) groups is 4. The Labute approximate surface area is 645 Å². The van der Waals surface area contributed by atoms with E-state index in [0.717, 1.165) is 108 Å². The fourth-order valence-electron chi connectivity index (χ4n) is 13.4. The molecule has 0 aromatic carbocycles. The average molecular weight is 1540 g/mol. The summed E-state index contributed by atoms with van der Waals surface area (Å²) in [6.45, 7) is 9.66. The van der Waals surface area contributed by atoms with Gasteiger partial charge in [-0.15, -0.1) is 0 Å². The lowest BCUT2D eigenvalue weighted by Crippen LogP contribution is -2.30. The minimum atomic E-state index is -4.97. The molecular weight excluding hydrogens is 1370 g/mol. The molecule has 0 spiro atoms. The number of carbonyl (C=O) groups excluding carboxylic acids is 4. The third-order valence-corrected chi connectivity index (χ3v) is 22.5. The molecule has 0 aliphatic heterocycles. The van der Waals surface area contributed by atoms with Crippen molar-refractivity contribution in [1.29, 1.82) is 0 Å². The Morgan fingerprint density at radius 1 is 0.276 bits per heavy atom. The van der Waals surface area contributed by atoms with Crippen molar-refractivity contribution >= 4 is 39.5 Å². The number of rotatable bonds is 85. The molecular formula is C86H168O17P2. The molecule has 0 aliphatic rings. The molecule has 19 heteroatoms. The van der Waals surface area contributed by atoms with Crippen LogP contribution in [-0.2, 0) is 65.4 Å². The SMILES string of the molecule is CCCCCCCCCCCCCCCCCCCCCCCC(=O)O[C@H](COC(=O)CCCCCCCCCCCCCCCCCCC(C)C)COP(=O)(O)OC[C@@H](O)COP(=O)(O)OC[C@@H](COC(=O)CCCCCCCCC(C)CC)OC(=O)CCCCCCCCCCCCCCCCC. The van der Waals surface area contributed by atoms with Gasteiger partial charge in [-0.2, -0.15) is 0 Å². The maximum Gasteiger partial charge on any atom is 0.472 e. The Morgan fingerprint density at radius 3 is 0.724 bits per heavy atom. The van der Waals surface area contributed by atoms with Crippen molar-refractivity contribution in [2.45, 2.75) is 477 Å². The number of aliphatic hydroxyl groups excluding tert-OH is 1. The number of aliphatic hydroxyl groups is 1. The molecule has 624 valence electrons. The van der Waals surface area contributed by atoms with Crippen molar-refractivity contribution in [3.8, 4) is 0 Å². The highest BCUT2D eigenvalue weighted by Gasteiger charge is 2.30. The number of unbranched alkanes of at least 4 members (excludes halogenated alkanes) is 54. The summed E-state index contributed by atoms with van der Waals surface area (Å²) in [5, 5.41) is 10.7. The topological polar surface area (TPSA) is 237 Å². The summed E-state index contributed by atoms with van der Waals surface area (Å²) in [7, 11) is -9.93. The maximum absolute atomic E-state index is 13.1. The molecule has 0 aromatic heterocycles. The monoisotopic (exact) mass is 1540 g/mol. The van der Waals surface area contributed by atoms with Crippen LogP contribution in [0.25, 0.3) is 0 Å². The number of ether oxygens (including phenoxy) is 4. The van der Waals surface area contributed by atoms with Gasteiger partial charge in [0.15, 0.2) is 12.2 Å². The lowest BCUT2D eigenvalue weighted by molar-refractivity contribution is -0.161. The van der Waals surface area contributed by atoms with Crippen molar-refractivity contribution in [3.63, 3.8) is 0 Å². The normalized spacial score (nSPS) is 14.1. The van der Waals surface area contributed by atoms with Crippen LogP contribution in [-0.4, -0.2) is 96.7 Å². The predicted octanol–water partition coefficient (Wildman–Crippen LogP) is 26.2. The number of phosphoric ester groups is 2. The van der Waals surface area contributed by atoms with Crippen molar-refractivity contribution in [2.24, 2.45) is 11.8 Å². The number of phosphoric acid groups is 2. The third kappa shape index (κ3) is 78.5. The first-order chi connectivity index (χ1) is 50.9.